The van der Waals surface area contributed by atoms with E-state index in [0.29, 0.717) is 17.9 Å². The van der Waals surface area contributed by atoms with E-state index in [2.05, 4.69) is 76.2 Å². The van der Waals surface area contributed by atoms with Gasteiger partial charge in [-0.15, -0.1) is 0 Å². The van der Waals surface area contributed by atoms with Crippen molar-refractivity contribution in [2.24, 2.45) is 5.92 Å². The van der Waals surface area contributed by atoms with Crippen molar-refractivity contribution in [3.63, 3.8) is 0 Å². The molecule has 0 unspecified atom stereocenters. The van der Waals surface area contributed by atoms with Crippen molar-refractivity contribution < 1.29 is 4.79 Å². The lowest BCUT2D eigenvalue weighted by Gasteiger charge is -2.38. The van der Waals surface area contributed by atoms with Crippen LogP contribution in [0.4, 0.5) is 5.69 Å². The fourth-order valence-corrected chi connectivity index (χ4v) is 6.68. The summed E-state index contributed by atoms with van der Waals surface area (Å²) < 4.78 is 2.01. The summed E-state index contributed by atoms with van der Waals surface area (Å²) in [5, 5.41) is 4.61. The number of nitrogens with zero attached hydrogens (tertiary/aromatic N) is 5. The van der Waals surface area contributed by atoms with E-state index in [4.69, 9.17) is 0 Å². The number of aromatic nitrogens is 2. The fourth-order valence-electron chi connectivity index (χ4n) is 6.68. The molecule has 3 fully saturated rings. The molecule has 1 amide bonds. The van der Waals surface area contributed by atoms with E-state index >= 15 is 0 Å². The molecule has 3 aromatic rings. The van der Waals surface area contributed by atoms with Crippen LogP contribution in [0, 0.1) is 5.92 Å². The lowest BCUT2D eigenvalue weighted by molar-refractivity contribution is -0.136. The Morgan fingerprint density at radius 1 is 0.892 bits per heavy atom. The van der Waals surface area contributed by atoms with Gasteiger partial charge in [-0.05, 0) is 68.8 Å². The Balaban J connectivity index is 1.15. The Morgan fingerprint density at radius 3 is 2.35 bits per heavy atom. The third kappa shape index (κ3) is 5.00. The van der Waals surface area contributed by atoms with Crippen LogP contribution in [0.5, 0.6) is 0 Å². The Morgan fingerprint density at radius 2 is 1.65 bits per heavy atom. The molecule has 196 valence electrons. The minimum atomic E-state index is 0.260. The summed E-state index contributed by atoms with van der Waals surface area (Å²) in [5.74, 6) is 1.29. The van der Waals surface area contributed by atoms with E-state index in [1.807, 2.05) is 10.7 Å². The van der Waals surface area contributed by atoms with Crippen LogP contribution in [0.15, 0.2) is 48.8 Å². The smallest absolute Gasteiger partial charge is 0.225 e. The van der Waals surface area contributed by atoms with Gasteiger partial charge in [-0.25, -0.2) is 4.52 Å². The SMILES string of the molecule is CC(C)N1CC[C@H](c2ccc(-c3cc4c(N5CCN(C(=O)C6CCCCC6)CC5)ccnn4c3)cc2)C1. The van der Waals surface area contributed by atoms with Gasteiger partial charge in [0.25, 0.3) is 0 Å². The van der Waals surface area contributed by atoms with Crippen LogP contribution in [0.1, 0.15) is 63.9 Å². The van der Waals surface area contributed by atoms with E-state index in [-0.39, 0.29) is 5.92 Å². The second-order valence-electron chi connectivity index (χ2n) is 11.6. The molecule has 0 spiro atoms. The highest BCUT2D eigenvalue weighted by atomic mass is 16.2. The summed E-state index contributed by atoms with van der Waals surface area (Å²) in [6.45, 7) is 10.3. The topological polar surface area (TPSA) is 44.1 Å². The second-order valence-corrected chi connectivity index (χ2v) is 11.6. The largest absolute Gasteiger partial charge is 0.366 e. The summed E-state index contributed by atoms with van der Waals surface area (Å²) in [7, 11) is 0. The minimum absolute atomic E-state index is 0.260. The molecule has 4 heterocycles. The van der Waals surface area contributed by atoms with Crippen LogP contribution < -0.4 is 4.90 Å². The van der Waals surface area contributed by atoms with Gasteiger partial charge in [-0.1, -0.05) is 43.5 Å². The first-order chi connectivity index (χ1) is 18.1. The van der Waals surface area contributed by atoms with Gasteiger partial charge in [0.1, 0.15) is 0 Å². The van der Waals surface area contributed by atoms with E-state index in [0.717, 1.165) is 44.5 Å². The summed E-state index contributed by atoms with van der Waals surface area (Å²) in [4.78, 5) is 20.1. The number of fused-ring (bicyclic) bond motifs is 1. The van der Waals surface area contributed by atoms with Crippen LogP contribution in [-0.2, 0) is 4.79 Å². The molecular weight excluding hydrogens is 458 g/mol. The number of piperazine rings is 1. The fraction of sp³-hybridized carbons (Fsp3) is 0.548. The van der Waals surface area contributed by atoms with Crippen LogP contribution in [0.25, 0.3) is 16.6 Å². The first-order valence-corrected chi connectivity index (χ1v) is 14.4. The van der Waals surface area contributed by atoms with Crippen molar-refractivity contribution in [3.05, 3.63) is 54.4 Å². The van der Waals surface area contributed by atoms with Crippen molar-refractivity contribution in [1.29, 1.82) is 0 Å². The van der Waals surface area contributed by atoms with Gasteiger partial charge in [-0.3, -0.25) is 4.79 Å². The molecule has 37 heavy (non-hydrogen) atoms. The standard InChI is InChI=1S/C31H41N5O/c1-23(2)35-15-13-27(21-35)24-8-10-25(11-9-24)28-20-30-29(12-14-32-36(30)22-28)33-16-18-34(19-17-33)31(37)26-6-4-3-5-7-26/h8-12,14,20,22-23,26-27H,3-7,13,15-19,21H2,1-2H3/t27-/m0/s1. The maximum atomic E-state index is 13.0. The number of likely N-dealkylation sites (tertiary alicyclic amines) is 1. The Hall–Kier alpha value is -2.86. The third-order valence-corrected chi connectivity index (χ3v) is 9.04. The minimum Gasteiger partial charge on any atom is -0.366 e. The highest BCUT2D eigenvalue weighted by Crippen LogP contribution is 2.33. The predicted octanol–water partition coefficient (Wildman–Crippen LogP) is 5.43. The Labute approximate surface area is 221 Å². The van der Waals surface area contributed by atoms with Gasteiger partial charge < -0.3 is 14.7 Å². The molecule has 6 nitrogen and oxygen atoms in total. The highest BCUT2D eigenvalue weighted by molar-refractivity contribution is 5.81. The van der Waals surface area contributed by atoms with Gasteiger partial charge in [0.05, 0.1) is 11.2 Å². The van der Waals surface area contributed by atoms with Gasteiger partial charge in [-0.2, -0.15) is 5.10 Å². The van der Waals surface area contributed by atoms with E-state index in [1.165, 1.54) is 61.2 Å². The summed E-state index contributed by atoms with van der Waals surface area (Å²) in [6, 6.07) is 14.2. The Kier molecular flexibility index (Phi) is 6.94. The van der Waals surface area contributed by atoms with Gasteiger partial charge in [0, 0.05) is 62.6 Å². The lowest BCUT2D eigenvalue weighted by Crippen LogP contribution is -2.50. The quantitative estimate of drug-likeness (QED) is 0.470. The van der Waals surface area contributed by atoms with E-state index in [1.54, 1.807) is 0 Å². The van der Waals surface area contributed by atoms with Crippen molar-refractivity contribution in [2.45, 2.75) is 64.3 Å². The first kappa shape index (κ1) is 24.5. The van der Waals surface area contributed by atoms with E-state index < -0.39 is 0 Å². The number of carbonyl (C=O) groups is 1. The number of carbonyl (C=O) groups excluding carboxylic acids is 1. The van der Waals surface area contributed by atoms with Crippen molar-refractivity contribution in [1.82, 2.24) is 19.4 Å². The molecule has 2 aliphatic heterocycles. The molecule has 0 radical (unpaired) electrons. The van der Waals surface area contributed by atoms with Crippen LogP contribution in [-0.4, -0.2) is 70.6 Å². The third-order valence-electron chi connectivity index (χ3n) is 9.04. The molecule has 1 aromatic carbocycles. The number of benzene rings is 1. The van der Waals surface area contributed by atoms with Gasteiger partial charge in [0.15, 0.2) is 0 Å². The molecule has 0 N–H and O–H groups in total. The lowest BCUT2D eigenvalue weighted by atomic mass is 9.88. The number of hydrogen-bond acceptors (Lipinski definition) is 4. The van der Waals surface area contributed by atoms with Crippen LogP contribution in [0.3, 0.4) is 0 Å². The molecule has 0 bridgehead atoms. The molecule has 3 aliphatic rings. The summed E-state index contributed by atoms with van der Waals surface area (Å²) in [6.07, 6.45) is 11.2. The monoisotopic (exact) mass is 499 g/mol. The Bertz CT molecular complexity index is 1220. The second kappa shape index (κ2) is 10.5. The maximum absolute atomic E-state index is 13.0. The molecular formula is C31H41N5O. The maximum Gasteiger partial charge on any atom is 0.225 e. The average molecular weight is 500 g/mol. The summed E-state index contributed by atoms with van der Waals surface area (Å²) >= 11 is 0. The number of amides is 1. The van der Waals surface area contributed by atoms with Crippen molar-refractivity contribution >= 4 is 17.1 Å². The normalized spacial score (nSPS) is 21.9. The number of anilines is 1. The van der Waals surface area contributed by atoms with E-state index in [9.17, 15) is 4.79 Å². The summed E-state index contributed by atoms with van der Waals surface area (Å²) in [5.41, 5.74) is 6.24. The molecule has 1 saturated carbocycles. The molecule has 1 aliphatic carbocycles. The zero-order valence-corrected chi connectivity index (χ0v) is 22.5. The molecule has 6 rings (SSSR count). The first-order valence-electron chi connectivity index (χ1n) is 14.4. The van der Waals surface area contributed by atoms with Crippen molar-refractivity contribution in [2.75, 3.05) is 44.2 Å². The van der Waals surface area contributed by atoms with Gasteiger partial charge >= 0.3 is 0 Å². The number of hydrogen-bond donors (Lipinski definition) is 0. The van der Waals surface area contributed by atoms with Crippen LogP contribution >= 0.6 is 0 Å². The van der Waals surface area contributed by atoms with Crippen LogP contribution in [0.2, 0.25) is 0 Å². The molecule has 2 saturated heterocycles. The van der Waals surface area contributed by atoms with Crippen molar-refractivity contribution in [3.8, 4) is 11.1 Å². The zero-order chi connectivity index (χ0) is 25.4. The predicted molar refractivity (Wildman–Crippen MR) is 150 cm³/mol. The number of rotatable bonds is 5. The highest BCUT2D eigenvalue weighted by Gasteiger charge is 2.29. The van der Waals surface area contributed by atoms with Gasteiger partial charge in [0.2, 0.25) is 5.91 Å². The average Bonchev–Trinajstić information content (AvgIpc) is 3.61. The zero-order valence-electron chi connectivity index (χ0n) is 22.5. The molecule has 6 heteroatoms. The molecule has 2 aromatic heterocycles. The molecule has 1 atom stereocenters.